The van der Waals surface area contributed by atoms with E-state index in [0.717, 1.165) is 16.6 Å². The fraction of sp³-hybridized carbons (Fsp3) is 0.200. The first-order valence-electron chi connectivity index (χ1n) is 7.23. The number of nitrogens with one attached hydrogen (secondary N) is 1. The third-order valence-corrected chi connectivity index (χ3v) is 3.68. The zero-order valence-electron chi connectivity index (χ0n) is 12.7. The summed E-state index contributed by atoms with van der Waals surface area (Å²) in [4.78, 5) is 3.25. The molecule has 0 saturated heterocycles. The van der Waals surface area contributed by atoms with E-state index in [1.807, 2.05) is 18.3 Å². The molecule has 3 rings (SSSR count). The number of aromatic amines is 1. The van der Waals surface area contributed by atoms with Crippen molar-refractivity contribution in [3.63, 3.8) is 0 Å². The standard InChI is InChI=1S/C20H19N/c1-20(2,3)17-12-9-15(10-13-17)8-11-16-14-21-19-7-5-4-6-18(16)19/h4-7,9-10,12-14,21H,1-3H3. The van der Waals surface area contributed by atoms with Crippen LogP contribution in [-0.4, -0.2) is 4.98 Å². The van der Waals surface area contributed by atoms with E-state index in [1.165, 1.54) is 10.9 Å². The summed E-state index contributed by atoms with van der Waals surface area (Å²) in [5.41, 5.74) is 4.74. The van der Waals surface area contributed by atoms with Crippen LogP contribution in [-0.2, 0) is 5.41 Å². The fourth-order valence-electron chi connectivity index (χ4n) is 2.37. The Hall–Kier alpha value is -2.46. The quantitative estimate of drug-likeness (QED) is 0.563. The molecule has 0 aliphatic heterocycles. The van der Waals surface area contributed by atoms with Crippen LogP contribution in [0.15, 0.2) is 54.7 Å². The number of hydrogen-bond acceptors (Lipinski definition) is 0. The van der Waals surface area contributed by atoms with Gasteiger partial charge in [-0.1, -0.05) is 62.9 Å². The smallest absolute Gasteiger partial charge is 0.0502 e. The van der Waals surface area contributed by atoms with E-state index in [9.17, 15) is 0 Å². The third-order valence-electron chi connectivity index (χ3n) is 3.68. The first-order chi connectivity index (χ1) is 10.0. The molecule has 0 aliphatic carbocycles. The number of rotatable bonds is 0. The van der Waals surface area contributed by atoms with Gasteiger partial charge in [-0.15, -0.1) is 0 Å². The first-order valence-corrected chi connectivity index (χ1v) is 7.23. The van der Waals surface area contributed by atoms with Crippen LogP contribution < -0.4 is 0 Å². The maximum atomic E-state index is 3.26. The van der Waals surface area contributed by atoms with Crippen molar-refractivity contribution in [2.45, 2.75) is 26.2 Å². The van der Waals surface area contributed by atoms with Crippen molar-refractivity contribution in [2.75, 3.05) is 0 Å². The largest absolute Gasteiger partial charge is 0.360 e. The highest BCUT2D eigenvalue weighted by Crippen LogP contribution is 2.22. The van der Waals surface area contributed by atoms with Gasteiger partial charge >= 0.3 is 0 Å². The number of hydrogen-bond donors (Lipinski definition) is 1. The number of H-pyrrole nitrogens is 1. The van der Waals surface area contributed by atoms with E-state index in [-0.39, 0.29) is 5.41 Å². The van der Waals surface area contributed by atoms with Crippen molar-refractivity contribution in [3.8, 4) is 11.8 Å². The van der Waals surface area contributed by atoms with Gasteiger partial charge < -0.3 is 4.98 Å². The van der Waals surface area contributed by atoms with Crippen molar-refractivity contribution in [3.05, 3.63) is 71.4 Å². The molecule has 0 amide bonds. The molecule has 0 aliphatic rings. The number of para-hydroxylation sites is 1. The second-order valence-corrected chi connectivity index (χ2v) is 6.33. The summed E-state index contributed by atoms with van der Waals surface area (Å²) < 4.78 is 0. The highest BCUT2D eigenvalue weighted by atomic mass is 14.7. The van der Waals surface area contributed by atoms with Crippen LogP contribution in [0.2, 0.25) is 0 Å². The number of fused-ring (bicyclic) bond motifs is 1. The summed E-state index contributed by atoms with van der Waals surface area (Å²) in [6, 6.07) is 16.8. The maximum absolute atomic E-state index is 3.26. The van der Waals surface area contributed by atoms with Gasteiger partial charge in [0.2, 0.25) is 0 Å². The van der Waals surface area contributed by atoms with Crippen LogP contribution in [0.25, 0.3) is 10.9 Å². The van der Waals surface area contributed by atoms with Crippen molar-refractivity contribution >= 4 is 10.9 Å². The van der Waals surface area contributed by atoms with E-state index >= 15 is 0 Å². The Bertz CT molecular complexity index is 818. The molecule has 3 aromatic rings. The van der Waals surface area contributed by atoms with Gasteiger partial charge in [-0.2, -0.15) is 0 Å². The lowest BCUT2D eigenvalue weighted by Gasteiger charge is -2.18. The monoisotopic (exact) mass is 273 g/mol. The molecule has 0 saturated carbocycles. The fourth-order valence-corrected chi connectivity index (χ4v) is 2.37. The van der Waals surface area contributed by atoms with E-state index < -0.39 is 0 Å². The summed E-state index contributed by atoms with van der Waals surface area (Å²) in [6.45, 7) is 6.67. The van der Waals surface area contributed by atoms with E-state index in [2.05, 4.69) is 74.0 Å². The lowest BCUT2D eigenvalue weighted by molar-refractivity contribution is 0.590. The molecule has 0 bridgehead atoms. The van der Waals surface area contributed by atoms with Crippen LogP contribution in [0.5, 0.6) is 0 Å². The van der Waals surface area contributed by atoms with Crippen LogP contribution >= 0.6 is 0 Å². The van der Waals surface area contributed by atoms with Crippen LogP contribution in [0, 0.1) is 11.8 Å². The molecule has 0 spiro atoms. The predicted octanol–water partition coefficient (Wildman–Crippen LogP) is 4.87. The SMILES string of the molecule is CC(C)(C)c1ccc(C#Cc2c[nH]c3ccccc23)cc1. The minimum absolute atomic E-state index is 0.183. The summed E-state index contributed by atoms with van der Waals surface area (Å²) in [5.74, 6) is 6.51. The molecule has 104 valence electrons. The molecule has 0 atom stereocenters. The highest BCUT2D eigenvalue weighted by molar-refractivity contribution is 5.86. The third kappa shape index (κ3) is 2.85. The Balaban J connectivity index is 1.91. The molecule has 1 aromatic heterocycles. The van der Waals surface area contributed by atoms with Gasteiger partial charge in [-0.3, -0.25) is 0 Å². The van der Waals surface area contributed by atoms with Crippen LogP contribution in [0.4, 0.5) is 0 Å². The van der Waals surface area contributed by atoms with Crippen molar-refractivity contribution in [2.24, 2.45) is 0 Å². The second kappa shape index (κ2) is 5.14. The Labute approximate surface area is 126 Å². The lowest BCUT2D eigenvalue weighted by Crippen LogP contribution is -2.10. The highest BCUT2D eigenvalue weighted by Gasteiger charge is 2.12. The second-order valence-electron chi connectivity index (χ2n) is 6.33. The molecule has 21 heavy (non-hydrogen) atoms. The van der Waals surface area contributed by atoms with Gasteiger partial charge in [0.15, 0.2) is 0 Å². The molecule has 1 nitrogen and oxygen atoms in total. The lowest BCUT2D eigenvalue weighted by atomic mass is 9.87. The van der Waals surface area contributed by atoms with Crippen molar-refractivity contribution < 1.29 is 0 Å². The molecule has 2 aromatic carbocycles. The van der Waals surface area contributed by atoms with E-state index in [1.54, 1.807) is 0 Å². The minimum Gasteiger partial charge on any atom is -0.360 e. The molecule has 1 heteroatoms. The number of benzene rings is 2. The summed E-state index contributed by atoms with van der Waals surface area (Å²) in [7, 11) is 0. The van der Waals surface area contributed by atoms with Gasteiger partial charge in [0, 0.05) is 22.7 Å². The van der Waals surface area contributed by atoms with Crippen LogP contribution in [0.1, 0.15) is 37.5 Å². The van der Waals surface area contributed by atoms with Gasteiger partial charge in [0.25, 0.3) is 0 Å². The van der Waals surface area contributed by atoms with Crippen LogP contribution in [0.3, 0.4) is 0 Å². The van der Waals surface area contributed by atoms with Gasteiger partial charge in [0.05, 0.1) is 5.56 Å². The molecule has 0 fully saturated rings. The van der Waals surface area contributed by atoms with Crippen molar-refractivity contribution in [1.82, 2.24) is 4.98 Å². The molecular weight excluding hydrogens is 254 g/mol. The van der Waals surface area contributed by atoms with E-state index in [4.69, 9.17) is 0 Å². The van der Waals surface area contributed by atoms with Gasteiger partial charge in [0.1, 0.15) is 0 Å². The number of aromatic nitrogens is 1. The normalized spacial score (nSPS) is 11.2. The van der Waals surface area contributed by atoms with Crippen molar-refractivity contribution in [1.29, 1.82) is 0 Å². The summed E-state index contributed by atoms with van der Waals surface area (Å²) in [6.07, 6.45) is 1.97. The Morgan fingerprint density at radius 2 is 1.57 bits per heavy atom. The van der Waals surface area contributed by atoms with Gasteiger partial charge in [-0.05, 0) is 29.2 Å². The topological polar surface area (TPSA) is 15.8 Å². The Morgan fingerprint density at radius 3 is 2.29 bits per heavy atom. The maximum Gasteiger partial charge on any atom is 0.0502 e. The Kier molecular flexibility index (Phi) is 3.31. The average molecular weight is 273 g/mol. The molecule has 1 N–H and O–H groups in total. The summed E-state index contributed by atoms with van der Waals surface area (Å²) in [5, 5.41) is 1.18. The molecule has 0 radical (unpaired) electrons. The molecule has 0 unspecified atom stereocenters. The van der Waals surface area contributed by atoms with E-state index in [0.29, 0.717) is 0 Å². The Morgan fingerprint density at radius 1 is 0.857 bits per heavy atom. The molecular formula is C20H19N. The minimum atomic E-state index is 0.183. The zero-order valence-corrected chi connectivity index (χ0v) is 12.7. The summed E-state index contributed by atoms with van der Waals surface area (Å²) >= 11 is 0. The zero-order chi connectivity index (χ0) is 14.9. The predicted molar refractivity (Wildman–Crippen MR) is 89.4 cm³/mol. The first kappa shape index (κ1) is 13.5. The van der Waals surface area contributed by atoms with Gasteiger partial charge in [-0.25, -0.2) is 0 Å². The molecule has 1 heterocycles. The average Bonchev–Trinajstić information content (AvgIpc) is 2.88.